The quantitative estimate of drug-likeness (QED) is 0.913. The Bertz CT molecular complexity index is 470. The molecule has 1 aliphatic carbocycles. The standard InChI is InChI=1S/C16H27N5/c1-16(2,3)18-11-13-10-17-12-15(19-13)21-8-6-20(7-9-21)14-4-5-14/h10,12,14,18H,4-9,11H2,1-3H3. The molecule has 1 aromatic heterocycles. The van der Waals surface area contributed by atoms with Gasteiger partial charge in [-0.1, -0.05) is 0 Å². The Labute approximate surface area is 127 Å². The molecule has 2 aliphatic rings. The summed E-state index contributed by atoms with van der Waals surface area (Å²) >= 11 is 0. The zero-order valence-corrected chi connectivity index (χ0v) is 13.5. The van der Waals surface area contributed by atoms with Gasteiger partial charge in [0, 0.05) is 50.5 Å². The first-order valence-electron chi connectivity index (χ1n) is 8.06. The van der Waals surface area contributed by atoms with Crippen molar-refractivity contribution in [2.45, 2.75) is 51.7 Å². The Kier molecular flexibility index (Phi) is 4.13. The van der Waals surface area contributed by atoms with Crippen molar-refractivity contribution in [1.29, 1.82) is 0 Å². The molecule has 1 saturated heterocycles. The molecule has 1 N–H and O–H groups in total. The molecule has 5 nitrogen and oxygen atoms in total. The van der Waals surface area contributed by atoms with Crippen molar-refractivity contribution in [3.63, 3.8) is 0 Å². The van der Waals surface area contributed by atoms with Crippen LogP contribution in [0.25, 0.3) is 0 Å². The molecule has 1 aliphatic heterocycles. The summed E-state index contributed by atoms with van der Waals surface area (Å²) in [4.78, 5) is 14.1. The highest BCUT2D eigenvalue weighted by Crippen LogP contribution is 2.28. The Morgan fingerprint density at radius 3 is 2.48 bits per heavy atom. The van der Waals surface area contributed by atoms with E-state index in [1.54, 1.807) is 0 Å². The Hall–Kier alpha value is -1.20. The summed E-state index contributed by atoms with van der Waals surface area (Å²) < 4.78 is 0. The zero-order chi connectivity index (χ0) is 14.9. The molecule has 2 heterocycles. The zero-order valence-electron chi connectivity index (χ0n) is 13.5. The molecule has 21 heavy (non-hydrogen) atoms. The van der Waals surface area contributed by atoms with E-state index >= 15 is 0 Å². The summed E-state index contributed by atoms with van der Waals surface area (Å²) in [6.07, 6.45) is 6.55. The number of nitrogens with zero attached hydrogens (tertiary/aromatic N) is 4. The van der Waals surface area contributed by atoms with Crippen molar-refractivity contribution in [3.8, 4) is 0 Å². The largest absolute Gasteiger partial charge is 0.353 e. The minimum atomic E-state index is 0.105. The van der Waals surface area contributed by atoms with E-state index in [1.165, 1.54) is 12.8 Å². The maximum Gasteiger partial charge on any atom is 0.147 e. The van der Waals surface area contributed by atoms with E-state index in [4.69, 9.17) is 4.98 Å². The molecule has 0 bridgehead atoms. The van der Waals surface area contributed by atoms with Crippen LogP contribution >= 0.6 is 0 Å². The summed E-state index contributed by atoms with van der Waals surface area (Å²) in [5, 5.41) is 3.47. The van der Waals surface area contributed by atoms with Gasteiger partial charge in [0.05, 0.1) is 11.9 Å². The molecule has 1 saturated carbocycles. The van der Waals surface area contributed by atoms with Gasteiger partial charge >= 0.3 is 0 Å². The fourth-order valence-electron chi connectivity index (χ4n) is 2.74. The third kappa shape index (κ3) is 4.14. The van der Waals surface area contributed by atoms with Gasteiger partial charge < -0.3 is 10.2 Å². The third-order valence-electron chi connectivity index (χ3n) is 4.17. The third-order valence-corrected chi connectivity index (χ3v) is 4.17. The molecular weight excluding hydrogens is 262 g/mol. The first-order valence-corrected chi connectivity index (χ1v) is 8.06. The second-order valence-corrected chi connectivity index (χ2v) is 7.23. The van der Waals surface area contributed by atoms with Gasteiger partial charge in [-0.3, -0.25) is 9.88 Å². The first-order chi connectivity index (χ1) is 10.0. The van der Waals surface area contributed by atoms with Crippen LogP contribution in [0, 0.1) is 0 Å². The van der Waals surface area contributed by atoms with Gasteiger partial charge in [0.1, 0.15) is 5.82 Å². The molecule has 0 amide bonds. The van der Waals surface area contributed by atoms with E-state index in [9.17, 15) is 0 Å². The lowest BCUT2D eigenvalue weighted by Crippen LogP contribution is -2.47. The van der Waals surface area contributed by atoms with Crippen molar-refractivity contribution in [3.05, 3.63) is 18.1 Å². The highest BCUT2D eigenvalue weighted by molar-refractivity contribution is 5.37. The number of rotatable bonds is 4. The highest BCUT2D eigenvalue weighted by atomic mass is 15.3. The predicted octanol–water partition coefficient (Wildman–Crippen LogP) is 1.65. The fourth-order valence-corrected chi connectivity index (χ4v) is 2.74. The minimum absolute atomic E-state index is 0.105. The van der Waals surface area contributed by atoms with E-state index in [1.807, 2.05) is 12.4 Å². The molecule has 1 aromatic rings. The van der Waals surface area contributed by atoms with Crippen LogP contribution in [0.4, 0.5) is 5.82 Å². The van der Waals surface area contributed by atoms with Crippen LogP contribution < -0.4 is 10.2 Å². The predicted molar refractivity (Wildman–Crippen MR) is 85.4 cm³/mol. The topological polar surface area (TPSA) is 44.3 Å². The molecule has 2 fully saturated rings. The lowest BCUT2D eigenvalue weighted by molar-refractivity contribution is 0.247. The molecule has 0 unspecified atom stereocenters. The van der Waals surface area contributed by atoms with E-state index in [0.29, 0.717) is 0 Å². The van der Waals surface area contributed by atoms with Gasteiger partial charge in [-0.05, 0) is 33.6 Å². The van der Waals surface area contributed by atoms with Crippen molar-refractivity contribution in [2.24, 2.45) is 0 Å². The second-order valence-electron chi connectivity index (χ2n) is 7.23. The second kappa shape index (κ2) is 5.89. The summed E-state index contributed by atoms with van der Waals surface area (Å²) in [6, 6.07) is 0.876. The SMILES string of the molecule is CC(C)(C)NCc1cncc(N2CCN(C3CC3)CC2)n1. The van der Waals surface area contributed by atoms with Crippen LogP contribution in [0.1, 0.15) is 39.3 Å². The molecule has 116 valence electrons. The number of hydrogen-bond donors (Lipinski definition) is 1. The summed E-state index contributed by atoms with van der Waals surface area (Å²) in [7, 11) is 0. The Morgan fingerprint density at radius 1 is 1.14 bits per heavy atom. The van der Waals surface area contributed by atoms with E-state index in [2.05, 4.69) is 40.9 Å². The molecule has 0 atom stereocenters. The van der Waals surface area contributed by atoms with Crippen LogP contribution in [-0.4, -0.2) is 52.6 Å². The van der Waals surface area contributed by atoms with Crippen LogP contribution in [0.5, 0.6) is 0 Å². The number of nitrogens with one attached hydrogen (secondary N) is 1. The molecule has 0 radical (unpaired) electrons. The van der Waals surface area contributed by atoms with Gasteiger partial charge in [0.15, 0.2) is 0 Å². The highest BCUT2D eigenvalue weighted by Gasteiger charge is 2.31. The lowest BCUT2D eigenvalue weighted by atomic mass is 10.1. The average Bonchev–Trinajstić information content (AvgIpc) is 3.30. The average molecular weight is 289 g/mol. The van der Waals surface area contributed by atoms with Crippen LogP contribution in [0.3, 0.4) is 0 Å². The van der Waals surface area contributed by atoms with E-state index in [0.717, 1.165) is 50.3 Å². The van der Waals surface area contributed by atoms with Gasteiger partial charge in [-0.2, -0.15) is 0 Å². The molecular formula is C16H27N5. The number of hydrogen-bond acceptors (Lipinski definition) is 5. The number of anilines is 1. The van der Waals surface area contributed by atoms with E-state index in [-0.39, 0.29) is 5.54 Å². The smallest absolute Gasteiger partial charge is 0.147 e. The van der Waals surface area contributed by atoms with Crippen LogP contribution in [0.2, 0.25) is 0 Å². The van der Waals surface area contributed by atoms with Crippen LogP contribution in [0.15, 0.2) is 12.4 Å². The monoisotopic (exact) mass is 289 g/mol. The molecule has 0 aromatic carbocycles. The van der Waals surface area contributed by atoms with Crippen molar-refractivity contribution >= 4 is 5.82 Å². The van der Waals surface area contributed by atoms with Gasteiger partial charge in [-0.25, -0.2) is 4.98 Å². The van der Waals surface area contributed by atoms with Gasteiger partial charge in [-0.15, -0.1) is 0 Å². The van der Waals surface area contributed by atoms with Crippen molar-refractivity contribution in [1.82, 2.24) is 20.2 Å². The fraction of sp³-hybridized carbons (Fsp3) is 0.750. The summed E-state index contributed by atoms with van der Waals surface area (Å²) in [6.45, 7) is 11.7. The van der Waals surface area contributed by atoms with Crippen molar-refractivity contribution in [2.75, 3.05) is 31.1 Å². The normalized spacial score (nSPS) is 20.8. The number of aromatic nitrogens is 2. The molecule has 3 rings (SSSR count). The van der Waals surface area contributed by atoms with Gasteiger partial charge in [0.25, 0.3) is 0 Å². The maximum atomic E-state index is 4.77. The van der Waals surface area contributed by atoms with Crippen molar-refractivity contribution < 1.29 is 0 Å². The van der Waals surface area contributed by atoms with Crippen LogP contribution in [-0.2, 0) is 6.54 Å². The minimum Gasteiger partial charge on any atom is -0.353 e. The Balaban J connectivity index is 1.58. The first kappa shape index (κ1) is 14.7. The summed E-state index contributed by atoms with van der Waals surface area (Å²) in [5.41, 5.74) is 1.13. The van der Waals surface area contributed by atoms with E-state index < -0.39 is 0 Å². The Morgan fingerprint density at radius 2 is 1.86 bits per heavy atom. The molecule has 5 heteroatoms. The van der Waals surface area contributed by atoms with Gasteiger partial charge in [0.2, 0.25) is 0 Å². The summed E-state index contributed by atoms with van der Waals surface area (Å²) in [5.74, 6) is 1.03. The maximum absolute atomic E-state index is 4.77. The molecule has 0 spiro atoms. The lowest BCUT2D eigenvalue weighted by Gasteiger charge is -2.35. The number of piperazine rings is 1.